The molecule has 2 aromatic heterocycles. The number of thioether (sulfide) groups is 1. The zero-order valence-electron chi connectivity index (χ0n) is 12.6. The van der Waals surface area contributed by atoms with Gasteiger partial charge in [0, 0.05) is 31.5 Å². The van der Waals surface area contributed by atoms with Crippen LogP contribution in [0, 0.1) is 0 Å². The van der Waals surface area contributed by atoms with Gasteiger partial charge in [0.05, 0.1) is 5.97 Å². The molecule has 22 heavy (non-hydrogen) atoms. The number of hydrogen-bond acceptors (Lipinski definition) is 7. The van der Waals surface area contributed by atoms with E-state index in [-0.39, 0.29) is 4.91 Å². The van der Waals surface area contributed by atoms with Gasteiger partial charge in [0.25, 0.3) is 0 Å². The number of rotatable bonds is 7. The molecule has 0 aliphatic rings. The Balaban J connectivity index is 2.17. The monoisotopic (exact) mass is 321 g/mol. The quantitative estimate of drug-likeness (QED) is 0.606. The highest BCUT2D eigenvalue weighted by Crippen LogP contribution is 2.26. The number of carbonyl (C=O) groups excluding carboxylic acids is 1. The van der Waals surface area contributed by atoms with E-state index in [2.05, 4.69) is 15.2 Å². The summed E-state index contributed by atoms with van der Waals surface area (Å²) in [6, 6.07) is 3.45. The zero-order valence-corrected chi connectivity index (χ0v) is 13.4. The molecule has 118 valence electrons. The molecule has 2 heterocycles. The second-order valence-electron chi connectivity index (χ2n) is 4.78. The number of furan rings is 1. The summed E-state index contributed by atoms with van der Waals surface area (Å²) in [5.41, 5.74) is 0. The third kappa shape index (κ3) is 4.14. The molecule has 8 heteroatoms. The maximum atomic E-state index is 11.3. The van der Waals surface area contributed by atoms with Crippen LogP contribution in [0.4, 0.5) is 5.88 Å². The van der Waals surface area contributed by atoms with E-state index in [0.29, 0.717) is 16.8 Å². The fraction of sp³-hybridized carbons (Fsp3) is 0.357. The number of H-pyrrole nitrogens is 1. The Hall–Kier alpha value is -2.22. The minimum absolute atomic E-state index is 0.0123. The lowest BCUT2D eigenvalue weighted by atomic mass is 10.3. The molecule has 0 aliphatic heterocycles. The van der Waals surface area contributed by atoms with Crippen molar-refractivity contribution in [2.24, 2.45) is 0 Å². The number of nitrogens with one attached hydrogen (secondary N) is 1. The number of aromatic amines is 1. The second kappa shape index (κ2) is 7.17. The van der Waals surface area contributed by atoms with Gasteiger partial charge in [0.1, 0.15) is 11.6 Å². The predicted molar refractivity (Wildman–Crippen MR) is 82.3 cm³/mol. The molecule has 0 radical (unpaired) electrons. The molecule has 0 aromatic carbocycles. The van der Waals surface area contributed by atoms with E-state index in [1.807, 2.05) is 21.0 Å². The van der Waals surface area contributed by atoms with Gasteiger partial charge in [-0.1, -0.05) is 6.92 Å². The Kier molecular flexibility index (Phi) is 5.26. The van der Waals surface area contributed by atoms with E-state index < -0.39 is 5.97 Å². The summed E-state index contributed by atoms with van der Waals surface area (Å²) in [5, 5.41) is 18.4. The normalized spacial score (nSPS) is 11.7. The van der Waals surface area contributed by atoms with E-state index in [0.717, 1.165) is 30.4 Å². The van der Waals surface area contributed by atoms with Gasteiger partial charge >= 0.3 is 0 Å². The number of aryl methyl sites for hydroxylation is 1. The van der Waals surface area contributed by atoms with Crippen LogP contribution in [0.2, 0.25) is 0 Å². The molecule has 7 nitrogen and oxygen atoms in total. The van der Waals surface area contributed by atoms with Crippen LogP contribution in [-0.2, 0) is 11.2 Å². The summed E-state index contributed by atoms with van der Waals surface area (Å²) < 4.78 is 5.50. The van der Waals surface area contributed by atoms with Crippen molar-refractivity contribution in [2.45, 2.75) is 24.9 Å². The first-order valence-corrected chi connectivity index (χ1v) is 7.60. The molecule has 0 unspecified atom stereocenters. The molecular formula is C14H17N4O3S-. The minimum Gasteiger partial charge on any atom is -0.544 e. The third-order valence-corrected chi connectivity index (χ3v) is 3.60. The maximum absolute atomic E-state index is 11.3. The van der Waals surface area contributed by atoms with Gasteiger partial charge in [-0.25, -0.2) is 4.98 Å². The summed E-state index contributed by atoms with van der Waals surface area (Å²) >= 11 is 0.928. The number of aromatic nitrogens is 3. The molecule has 0 atom stereocenters. The number of carbonyl (C=O) groups is 1. The lowest BCUT2D eigenvalue weighted by Crippen LogP contribution is -2.23. The summed E-state index contributed by atoms with van der Waals surface area (Å²) in [4.78, 5) is 17.3. The van der Waals surface area contributed by atoms with Crippen molar-refractivity contribution in [2.75, 3.05) is 19.0 Å². The van der Waals surface area contributed by atoms with Crippen LogP contribution >= 0.6 is 11.8 Å². The average Bonchev–Trinajstić information content (AvgIpc) is 3.08. The standard InChI is InChI=1S/C14H18N4O3S/c1-4-5-11-15-14(17-16-11)22-10(13(19)20)8-9-6-7-12(21-9)18(2)3/h6-8H,4-5H2,1-3H3,(H,19,20)(H,15,16,17)/p-1/b10-8+. The molecule has 0 aliphatic carbocycles. The number of anilines is 1. The van der Waals surface area contributed by atoms with Crippen molar-refractivity contribution in [3.63, 3.8) is 0 Å². The smallest absolute Gasteiger partial charge is 0.213 e. The number of hydrogen-bond donors (Lipinski definition) is 1. The van der Waals surface area contributed by atoms with Gasteiger partial charge in [-0.3, -0.25) is 5.10 Å². The second-order valence-corrected chi connectivity index (χ2v) is 5.79. The summed E-state index contributed by atoms with van der Waals surface area (Å²) in [6.45, 7) is 2.03. The van der Waals surface area contributed by atoms with E-state index in [9.17, 15) is 9.90 Å². The van der Waals surface area contributed by atoms with Crippen LogP contribution in [0.15, 0.2) is 26.6 Å². The topological polar surface area (TPSA) is 98.1 Å². The molecular weight excluding hydrogens is 304 g/mol. The number of carboxylic acids is 1. The van der Waals surface area contributed by atoms with Crippen LogP contribution in [0.3, 0.4) is 0 Å². The van der Waals surface area contributed by atoms with Gasteiger partial charge < -0.3 is 19.2 Å². The largest absolute Gasteiger partial charge is 0.544 e. The first-order valence-electron chi connectivity index (χ1n) is 6.79. The Bertz CT molecular complexity index is 675. The average molecular weight is 321 g/mol. The molecule has 0 saturated heterocycles. The Morgan fingerprint density at radius 1 is 1.50 bits per heavy atom. The van der Waals surface area contributed by atoms with Crippen molar-refractivity contribution < 1.29 is 14.3 Å². The van der Waals surface area contributed by atoms with Crippen molar-refractivity contribution >= 4 is 29.7 Å². The van der Waals surface area contributed by atoms with E-state index >= 15 is 0 Å². The highest BCUT2D eigenvalue weighted by Gasteiger charge is 2.10. The Morgan fingerprint density at radius 2 is 2.27 bits per heavy atom. The predicted octanol–water partition coefficient (Wildman–Crippen LogP) is 1.30. The number of nitrogens with zero attached hydrogens (tertiary/aromatic N) is 3. The van der Waals surface area contributed by atoms with Gasteiger partial charge in [-0.05, 0) is 30.3 Å². The molecule has 2 rings (SSSR count). The lowest BCUT2D eigenvalue weighted by Gasteiger charge is -2.07. The van der Waals surface area contributed by atoms with Crippen LogP contribution in [0.1, 0.15) is 24.9 Å². The van der Waals surface area contributed by atoms with Gasteiger partial charge in [-0.2, -0.15) is 0 Å². The molecule has 1 N–H and O–H groups in total. The fourth-order valence-electron chi connectivity index (χ4n) is 1.69. The molecule has 0 bridgehead atoms. The molecule has 0 spiro atoms. The van der Waals surface area contributed by atoms with E-state index in [4.69, 9.17) is 4.42 Å². The first-order chi connectivity index (χ1) is 10.5. The van der Waals surface area contributed by atoms with Crippen LogP contribution in [0.25, 0.3) is 6.08 Å². The van der Waals surface area contributed by atoms with Crippen LogP contribution < -0.4 is 10.0 Å². The SMILES string of the molecule is CCCc1nc(S/C(=C/c2ccc(N(C)C)o2)C(=O)[O-])n[nH]1. The first kappa shape index (κ1) is 16.2. The lowest BCUT2D eigenvalue weighted by molar-refractivity contribution is -0.298. The molecule has 0 saturated carbocycles. The Labute approximate surface area is 132 Å². The summed E-state index contributed by atoms with van der Waals surface area (Å²) in [5.74, 6) is 0.502. The molecule has 2 aromatic rings. The maximum Gasteiger partial charge on any atom is 0.213 e. The van der Waals surface area contributed by atoms with Gasteiger partial charge in [-0.15, -0.1) is 5.10 Å². The zero-order chi connectivity index (χ0) is 16.1. The fourth-order valence-corrected chi connectivity index (χ4v) is 2.39. The highest BCUT2D eigenvalue weighted by molar-refractivity contribution is 8.04. The van der Waals surface area contributed by atoms with Crippen molar-refractivity contribution in [3.8, 4) is 0 Å². The van der Waals surface area contributed by atoms with E-state index in [1.54, 1.807) is 17.0 Å². The van der Waals surface area contributed by atoms with Gasteiger partial charge in [0.15, 0.2) is 5.88 Å². The number of carboxylic acid groups (broad SMARTS) is 1. The Morgan fingerprint density at radius 3 is 2.86 bits per heavy atom. The van der Waals surface area contributed by atoms with E-state index in [1.165, 1.54) is 6.08 Å². The van der Waals surface area contributed by atoms with Crippen LogP contribution in [0.5, 0.6) is 0 Å². The van der Waals surface area contributed by atoms with Crippen molar-refractivity contribution in [1.82, 2.24) is 15.2 Å². The van der Waals surface area contributed by atoms with Gasteiger partial charge in [0.2, 0.25) is 5.16 Å². The summed E-state index contributed by atoms with van der Waals surface area (Å²) in [6.07, 6.45) is 3.10. The minimum atomic E-state index is -1.30. The van der Waals surface area contributed by atoms with Crippen LogP contribution in [-0.4, -0.2) is 35.2 Å². The third-order valence-electron chi connectivity index (χ3n) is 2.73. The summed E-state index contributed by atoms with van der Waals surface area (Å²) in [7, 11) is 3.67. The molecule has 0 fully saturated rings. The number of aliphatic carboxylic acids is 1. The molecule has 0 amide bonds. The highest BCUT2D eigenvalue weighted by atomic mass is 32.2. The van der Waals surface area contributed by atoms with Crippen molar-refractivity contribution in [3.05, 3.63) is 28.6 Å². The van der Waals surface area contributed by atoms with Crippen molar-refractivity contribution in [1.29, 1.82) is 0 Å².